The Morgan fingerprint density at radius 3 is 1.04 bits per heavy atom. The summed E-state index contributed by atoms with van der Waals surface area (Å²) in [6, 6.07) is 4.35. The Morgan fingerprint density at radius 1 is 0.542 bits per heavy atom. The van der Waals surface area contributed by atoms with Gasteiger partial charge in [-0.1, -0.05) is 78.6 Å². The molecule has 0 saturated heterocycles. The van der Waals surface area contributed by atoms with Gasteiger partial charge in [-0.25, -0.2) is 0 Å². The first-order valence-corrected chi connectivity index (χ1v) is 9.81. The molecule has 132 valence electrons. The van der Waals surface area contributed by atoms with Gasteiger partial charge in [0.05, 0.1) is 0 Å². The van der Waals surface area contributed by atoms with Crippen molar-refractivity contribution in [1.82, 2.24) is 0 Å². The number of halogens is 2. The third kappa shape index (κ3) is 3.33. The van der Waals surface area contributed by atoms with Gasteiger partial charge in [0.2, 0.25) is 0 Å². The molecule has 0 bridgehead atoms. The minimum atomic E-state index is 0.375. The molecule has 0 unspecified atom stereocenters. The van der Waals surface area contributed by atoms with Gasteiger partial charge in [-0.3, -0.25) is 0 Å². The highest BCUT2D eigenvalue weighted by molar-refractivity contribution is 6.34. The molecule has 2 aromatic carbocycles. The highest BCUT2D eigenvalue weighted by Gasteiger charge is 2.24. The molecule has 0 aromatic heterocycles. The smallest absolute Gasteiger partial charge is 0.0449 e. The van der Waals surface area contributed by atoms with Gasteiger partial charge in [0.15, 0.2) is 0 Å². The van der Waals surface area contributed by atoms with Crippen LogP contribution >= 0.6 is 23.2 Å². The second-order valence-electron chi connectivity index (χ2n) is 8.09. The first kappa shape index (κ1) is 19.6. The van der Waals surface area contributed by atoms with Gasteiger partial charge in [0.1, 0.15) is 0 Å². The maximum absolute atomic E-state index is 6.76. The van der Waals surface area contributed by atoms with E-state index in [1.165, 1.54) is 33.0 Å². The predicted molar refractivity (Wildman–Crippen MR) is 110 cm³/mol. The highest BCUT2D eigenvalue weighted by Crippen LogP contribution is 2.46. The van der Waals surface area contributed by atoms with Crippen molar-refractivity contribution < 1.29 is 0 Å². The van der Waals surface area contributed by atoms with Crippen molar-refractivity contribution in [2.75, 3.05) is 0 Å². The second-order valence-corrected chi connectivity index (χ2v) is 8.91. The Kier molecular flexibility index (Phi) is 5.93. The molecule has 0 aliphatic rings. The summed E-state index contributed by atoms with van der Waals surface area (Å²) in [5, 5.41) is 4.45. The van der Waals surface area contributed by atoms with Crippen LogP contribution in [-0.2, 0) is 0 Å². The maximum Gasteiger partial charge on any atom is 0.0449 e. The quantitative estimate of drug-likeness (QED) is 0.508. The zero-order chi connectivity index (χ0) is 18.3. The lowest BCUT2D eigenvalue weighted by molar-refractivity contribution is 0.831. The molecule has 24 heavy (non-hydrogen) atoms. The van der Waals surface area contributed by atoms with Crippen LogP contribution < -0.4 is 0 Å². The van der Waals surface area contributed by atoms with Gasteiger partial charge in [-0.2, -0.15) is 0 Å². The first-order chi connectivity index (χ1) is 11.1. The molecular weight excluding hydrogens is 335 g/mol. The molecule has 2 heteroatoms. The lowest BCUT2D eigenvalue weighted by Gasteiger charge is -2.26. The molecule has 0 radical (unpaired) electrons. The van der Waals surface area contributed by atoms with Crippen LogP contribution in [0.4, 0.5) is 0 Å². The summed E-state index contributed by atoms with van der Waals surface area (Å²) < 4.78 is 0. The van der Waals surface area contributed by atoms with E-state index >= 15 is 0 Å². The molecule has 0 heterocycles. The third-order valence-corrected chi connectivity index (χ3v) is 5.47. The van der Waals surface area contributed by atoms with Crippen molar-refractivity contribution in [1.29, 1.82) is 0 Å². The third-order valence-electron chi connectivity index (χ3n) is 4.84. The molecule has 0 amide bonds. The Labute approximate surface area is 157 Å². The van der Waals surface area contributed by atoms with Gasteiger partial charge in [-0.15, -0.1) is 0 Å². The monoisotopic (exact) mass is 364 g/mol. The maximum atomic E-state index is 6.76. The topological polar surface area (TPSA) is 0 Å². The number of hydrogen-bond donors (Lipinski definition) is 0. The zero-order valence-electron chi connectivity index (χ0n) is 16.2. The van der Waals surface area contributed by atoms with Crippen LogP contribution in [0.2, 0.25) is 10.0 Å². The van der Waals surface area contributed by atoms with Crippen molar-refractivity contribution in [3.05, 3.63) is 44.4 Å². The second kappa shape index (κ2) is 7.26. The summed E-state index contributed by atoms with van der Waals surface area (Å²) in [6.07, 6.45) is 0. The van der Waals surface area contributed by atoms with E-state index in [0.29, 0.717) is 23.7 Å². The van der Waals surface area contributed by atoms with Crippen LogP contribution in [-0.4, -0.2) is 0 Å². The number of fused-ring (bicyclic) bond motifs is 1. The molecule has 0 aliphatic carbocycles. The van der Waals surface area contributed by atoms with E-state index in [1.807, 2.05) is 0 Å². The fourth-order valence-corrected chi connectivity index (χ4v) is 4.58. The highest BCUT2D eigenvalue weighted by atomic mass is 35.5. The van der Waals surface area contributed by atoms with Crippen molar-refractivity contribution in [3.63, 3.8) is 0 Å². The van der Waals surface area contributed by atoms with Crippen LogP contribution in [0.5, 0.6) is 0 Å². The fraction of sp³-hybridized carbons (Fsp3) is 0.545. The summed E-state index contributed by atoms with van der Waals surface area (Å²) in [4.78, 5) is 0. The van der Waals surface area contributed by atoms with Crippen molar-refractivity contribution >= 4 is 34.0 Å². The SMILES string of the molecule is CC(C)c1cc(Cl)c(C(C)C)c2c(C(C)C)cc(Cl)c(C(C)C)c12. The molecule has 0 nitrogen and oxygen atoms in total. The summed E-state index contributed by atoms with van der Waals surface area (Å²) in [7, 11) is 0. The number of benzene rings is 2. The van der Waals surface area contributed by atoms with Gasteiger partial charge < -0.3 is 0 Å². The van der Waals surface area contributed by atoms with Crippen LogP contribution in [0.3, 0.4) is 0 Å². The van der Waals surface area contributed by atoms with Gasteiger partial charge in [0.25, 0.3) is 0 Å². The van der Waals surface area contributed by atoms with E-state index in [-0.39, 0.29) is 0 Å². The van der Waals surface area contributed by atoms with Crippen molar-refractivity contribution in [2.24, 2.45) is 0 Å². The number of rotatable bonds is 4. The first-order valence-electron chi connectivity index (χ1n) is 9.06. The molecule has 2 rings (SSSR count). The van der Waals surface area contributed by atoms with E-state index in [9.17, 15) is 0 Å². The Bertz CT molecular complexity index is 687. The van der Waals surface area contributed by atoms with E-state index in [1.54, 1.807) is 0 Å². The van der Waals surface area contributed by atoms with Gasteiger partial charge >= 0.3 is 0 Å². The molecule has 0 spiro atoms. The van der Waals surface area contributed by atoms with Gasteiger partial charge in [-0.05, 0) is 68.8 Å². The zero-order valence-corrected chi connectivity index (χ0v) is 17.7. The molecule has 0 saturated carbocycles. The van der Waals surface area contributed by atoms with E-state index in [2.05, 4.69) is 67.5 Å². The normalized spacial score (nSPS) is 12.4. The molecule has 0 fully saturated rings. The van der Waals surface area contributed by atoms with Crippen molar-refractivity contribution in [2.45, 2.75) is 79.1 Å². The Hall–Kier alpha value is -0.720. The summed E-state index contributed by atoms with van der Waals surface area (Å²) in [5.41, 5.74) is 5.15. The van der Waals surface area contributed by atoms with Crippen LogP contribution in [0.1, 0.15) is 101 Å². The Morgan fingerprint density at radius 2 is 0.833 bits per heavy atom. The van der Waals surface area contributed by atoms with Crippen LogP contribution in [0, 0.1) is 0 Å². The van der Waals surface area contributed by atoms with Gasteiger partial charge in [0, 0.05) is 10.0 Å². The molecular formula is C22H30Cl2. The predicted octanol–water partition coefficient (Wildman–Crippen LogP) is 8.64. The Balaban J connectivity index is 3.20. The fourth-order valence-electron chi connectivity index (χ4n) is 3.72. The van der Waals surface area contributed by atoms with E-state index in [0.717, 1.165) is 10.0 Å². The lowest BCUT2D eigenvalue weighted by Crippen LogP contribution is -2.05. The average Bonchev–Trinajstić information content (AvgIpc) is 2.44. The molecule has 2 aromatic rings. The van der Waals surface area contributed by atoms with Crippen LogP contribution in [0.15, 0.2) is 12.1 Å². The van der Waals surface area contributed by atoms with E-state index in [4.69, 9.17) is 23.2 Å². The summed E-state index contributed by atoms with van der Waals surface area (Å²) in [5.74, 6) is 1.56. The van der Waals surface area contributed by atoms with Crippen molar-refractivity contribution in [3.8, 4) is 0 Å². The lowest BCUT2D eigenvalue weighted by atomic mass is 9.80. The molecule has 0 atom stereocenters. The molecule has 0 N–H and O–H groups in total. The summed E-state index contributed by atoms with van der Waals surface area (Å²) in [6.45, 7) is 17.8. The van der Waals surface area contributed by atoms with E-state index < -0.39 is 0 Å². The number of hydrogen-bond acceptors (Lipinski definition) is 0. The molecule has 0 aliphatic heterocycles. The van der Waals surface area contributed by atoms with Crippen LogP contribution in [0.25, 0.3) is 10.8 Å². The summed E-state index contributed by atoms with van der Waals surface area (Å²) >= 11 is 13.5. The minimum Gasteiger partial charge on any atom is -0.0840 e. The average molecular weight is 365 g/mol. The largest absolute Gasteiger partial charge is 0.0840 e. The standard InChI is InChI=1S/C22H30Cl2/c1-11(2)15-9-17(23)20(14(7)8)22-16(12(3)4)10-18(24)19(13(5)6)21(15)22/h9-14H,1-8H3. The minimum absolute atomic E-state index is 0.375.